The molecule has 100 valence electrons. The molecule has 0 saturated heterocycles. The van der Waals surface area contributed by atoms with Crippen LogP contribution < -0.4 is 5.32 Å². The Balaban J connectivity index is 1.79. The largest absolute Gasteiger partial charge is 0.464 e. The highest BCUT2D eigenvalue weighted by molar-refractivity contribution is 5.94. The number of nitrogens with one attached hydrogen (secondary N) is 1. The number of benzene rings is 1. The molecule has 3 rings (SSSR count). The average molecular weight is 270 g/mol. The van der Waals surface area contributed by atoms with E-state index in [-0.39, 0.29) is 18.1 Å². The molecule has 2 heterocycles. The number of nitrogens with zero attached hydrogens (tertiary/aromatic N) is 1. The van der Waals surface area contributed by atoms with Crippen LogP contribution in [0.3, 0.4) is 0 Å². The maximum Gasteiger partial charge on any atom is 0.230 e. The molecule has 5 heteroatoms. The number of hydrogen-bond donors (Lipinski definition) is 1. The van der Waals surface area contributed by atoms with Crippen LogP contribution >= 0.6 is 0 Å². The van der Waals surface area contributed by atoms with Gasteiger partial charge in [-0.1, -0.05) is 6.07 Å². The Hall–Kier alpha value is -2.69. The van der Waals surface area contributed by atoms with Gasteiger partial charge in [-0.3, -0.25) is 4.79 Å². The Morgan fingerprint density at radius 1 is 1.30 bits per heavy atom. The average Bonchev–Trinajstić information content (AvgIpc) is 2.82. The molecule has 1 N–H and O–H groups in total. The quantitative estimate of drug-likeness (QED) is 0.795. The van der Waals surface area contributed by atoms with E-state index in [1.54, 1.807) is 30.5 Å². The zero-order valence-electron chi connectivity index (χ0n) is 10.5. The van der Waals surface area contributed by atoms with E-state index in [4.69, 9.17) is 4.42 Å². The van der Waals surface area contributed by atoms with E-state index >= 15 is 0 Å². The zero-order valence-corrected chi connectivity index (χ0v) is 10.5. The summed E-state index contributed by atoms with van der Waals surface area (Å²) in [5.41, 5.74) is 1.21. The number of rotatable bonds is 3. The van der Waals surface area contributed by atoms with Crippen LogP contribution in [0.2, 0.25) is 0 Å². The standard InChI is InChI=1S/C15H11FN2O2/c16-11-4-5-13-12(8-11)10(9-20-13)7-15(19)18-14-3-1-2-6-17-14/h1-6,8-9H,7H2,(H,17,18,19). The highest BCUT2D eigenvalue weighted by atomic mass is 19.1. The molecule has 0 atom stereocenters. The second kappa shape index (κ2) is 5.13. The molecule has 4 nitrogen and oxygen atoms in total. The highest BCUT2D eigenvalue weighted by Crippen LogP contribution is 2.22. The molecule has 0 radical (unpaired) electrons. The van der Waals surface area contributed by atoms with Crippen LogP contribution in [0.5, 0.6) is 0 Å². The Kier molecular flexibility index (Phi) is 3.16. The van der Waals surface area contributed by atoms with Crippen LogP contribution in [0.15, 0.2) is 53.3 Å². The molecule has 0 bridgehead atoms. The zero-order chi connectivity index (χ0) is 13.9. The number of aromatic nitrogens is 1. The summed E-state index contributed by atoms with van der Waals surface area (Å²) >= 11 is 0. The lowest BCUT2D eigenvalue weighted by Gasteiger charge is -2.02. The van der Waals surface area contributed by atoms with Crippen molar-refractivity contribution in [3.63, 3.8) is 0 Å². The van der Waals surface area contributed by atoms with Crippen molar-refractivity contribution in [3.8, 4) is 0 Å². The monoisotopic (exact) mass is 270 g/mol. The number of furan rings is 1. The van der Waals surface area contributed by atoms with Gasteiger partial charge in [0.2, 0.25) is 5.91 Å². The van der Waals surface area contributed by atoms with Gasteiger partial charge in [-0.2, -0.15) is 0 Å². The van der Waals surface area contributed by atoms with Crippen molar-refractivity contribution in [1.29, 1.82) is 0 Å². The van der Waals surface area contributed by atoms with Gasteiger partial charge in [-0.15, -0.1) is 0 Å². The molecule has 1 aromatic carbocycles. The molecular formula is C15H11FN2O2. The molecule has 0 saturated carbocycles. The molecule has 2 aromatic heterocycles. The summed E-state index contributed by atoms with van der Waals surface area (Å²) in [4.78, 5) is 15.9. The van der Waals surface area contributed by atoms with Gasteiger partial charge in [-0.25, -0.2) is 9.37 Å². The Bertz CT molecular complexity index is 753. The van der Waals surface area contributed by atoms with Crippen LogP contribution in [0.4, 0.5) is 10.2 Å². The summed E-state index contributed by atoms with van der Waals surface area (Å²) in [7, 11) is 0. The third kappa shape index (κ3) is 2.51. The number of carbonyl (C=O) groups excluding carboxylic acids is 1. The van der Waals surface area contributed by atoms with Crippen molar-refractivity contribution in [2.45, 2.75) is 6.42 Å². The fraction of sp³-hybridized carbons (Fsp3) is 0.0667. The number of amides is 1. The Morgan fingerprint density at radius 2 is 2.20 bits per heavy atom. The SMILES string of the molecule is O=C(Cc1coc2ccc(F)cc12)Nc1ccccn1. The first kappa shape index (κ1) is 12.3. The maximum absolute atomic E-state index is 13.2. The Labute approximate surface area is 114 Å². The third-order valence-corrected chi connectivity index (χ3v) is 2.90. The summed E-state index contributed by atoms with van der Waals surface area (Å²) in [6, 6.07) is 9.48. The van der Waals surface area contributed by atoms with Crippen LogP contribution in [0.25, 0.3) is 11.0 Å². The van der Waals surface area contributed by atoms with E-state index in [1.165, 1.54) is 18.4 Å². The third-order valence-electron chi connectivity index (χ3n) is 2.90. The molecule has 3 aromatic rings. The number of carbonyl (C=O) groups is 1. The van der Waals surface area contributed by atoms with Crippen molar-refractivity contribution in [3.05, 3.63) is 60.2 Å². The maximum atomic E-state index is 13.2. The van der Waals surface area contributed by atoms with E-state index in [0.717, 1.165) is 0 Å². The molecule has 0 aliphatic heterocycles. The van der Waals surface area contributed by atoms with Gasteiger partial charge < -0.3 is 9.73 Å². The lowest BCUT2D eigenvalue weighted by molar-refractivity contribution is -0.115. The van der Waals surface area contributed by atoms with E-state index in [1.807, 2.05) is 0 Å². The van der Waals surface area contributed by atoms with Gasteiger partial charge >= 0.3 is 0 Å². The fourth-order valence-corrected chi connectivity index (χ4v) is 1.99. The normalized spacial score (nSPS) is 10.7. The van der Waals surface area contributed by atoms with Crippen molar-refractivity contribution in [1.82, 2.24) is 4.98 Å². The molecule has 0 aliphatic carbocycles. The molecule has 1 amide bonds. The molecule has 0 unspecified atom stereocenters. The minimum Gasteiger partial charge on any atom is -0.464 e. The van der Waals surface area contributed by atoms with Crippen molar-refractivity contribution >= 4 is 22.7 Å². The molecule has 0 fully saturated rings. The van der Waals surface area contributed by atoms with Gasteiger partial charge in [-0.05, 0) is 30.3 Å². The van der Waals surface area contributed by atoms with E-state index in [0.29, 0.717) is 22.4 Å². The number of anilines is 1. The number of halogens is 1. The van der Waals surface area contributed by atoms with Crippen LogP contribution in [-0.2, 0) is 11.2 Å². The second-order valence-electron chi connectivity index (χ2n) is 4.34. The van der Waals surface area contributed by atoms with Crippen LogP contribution in [0, 0.1) is 5.82 Å². The van der Waals surface area contributed by atoms with Crippen LogP contribution in [0.1, 0.15) is 5.56 Å². The van der Waals surface area contributed by atoms with Gasteiger partial charge in [0.15, 0.2) is 0 Å². The van der Waals surface area contributed by atoms with Crippen molar-refractivity contribution in [2.24, 2.45) is 0 Å². The summed E-state index contributed by atoms with van der Waals surface area (Å²) in [5, 5.41) is 3.29. The summed E-state index contributed by atoms with van der Waals surface area (Å²) in [5.74, 6) is -0.0996. The smallest absolute Gasteiger partial charge is 0.230 e. The highest BCUT2D eigenvalue weighted by Gasteiger charge is 2.11. The second-order valence-corrected chi connectivity index (χ2v) is 4.34. The summed E-state index contributed by atoms with van der Waals surface area (Å²) in [6.07, 6.45) is 3.17. The first-order chi connectivity index (χ1) is 9.72. The number of pyridine rings is 1. The molecular weight excluding hydrogens is 259 g/mol. The molecule has 20 heavy (non-hydrogen) atoms. The minimum atomic E-state index is -0.356. The molecule has 0 spiro atoms. The lowest BCUT2D eigenvalue weighted by Crippen LogP contribution is -2.14. The first-order valence-electron chi connectivity index (χ1n) is 6.09. The van der Waals surface area contributed by atoms with E-state index in [9.17, 15) is 9.18 Å². The predicted octanol–water partition coefficient (Wildman–Crippen LogP) is 3.15. The Morgan fingerprint density at radius 3 is 3.00 bits per heavy atom. The van der Waals surface area contributed by atoms with Gasteiger partial charge in [0.25, 0.3) is 0 Å². The first-order valence-corrected chi connectivity index (χ1v) is 6.09. The number of fused-ring (bicyclic) bond motifs is 1. The predicted molar refractivity (Wildman–Crippen MR) is 72.7 cm³/mol. The minimum absolute atomic E-state index is 0.104. The van der Waals surface area contributed by atoms with E-state index < -0.39 is 0 Å². The lowest BCUT2D eigenvalue weighted by atomic mass is 10.1. The summed E-state index contributed by atoms with van der Waals surface area (Å²) in [6.45, 7) is 0. The van der Waals surface area contributed by atoms with E-state index in [2.05, 4.69) is 10.3 Å². The van der Waals surface area contributed by atoms with Crippen LogP contribution in [-0.4, -0.2) is 10.9 Å². The van der Waals surface area contributed by atoms with Gasteiger partial charge in [0.1, 0.15) is 17.2 Å². The summed E-state index contributed by atoms with van der Waals surface area (Å²) < 4.78 is 18.5. The number of hydrogen-bond acceptors (Lipinski definition) is 3. The van der Waals surface area contributed by atoms with Crippen molar-refractivity contribution in [2.75, 3.05) is 5.32 Å². The van der Waals surface area contributed by atoms with Gasteiger partial charge in [0, 0.05) is 17.1 Å². The topological polar surface area (TPSA) is 55.1 Å². The fourth-order valence-electron chi connectivity index (χ4n) is 1.99. The molecule has 0 aliphatic rings. The van der Waals surface area contributed by atoms with Gasteiger partial charge in [0.05, 0.1) is 12.7 Å². The van der Waals surface area contributed by atoms with Crippen molar-refractivity contribution < 1.29 is 13.6 Å².